The lowest BCUT2D eigenvalue weighted by Gasteiger charge is -2.09. The topological polar surface area (TPSA) is 0 Å². The zero-order valence-electron chi connectivity index (χ0n) is 5.20. The molecule has 0 fully saturated rings. The molecule has 1 atom stereocenters. The zero-order chi connectivity index (χ0) is 6.85. The van der Waals surface area contributed by atoms with Gasteiger partial charge in [-0.3, -0.25) is 0 Å². The van der Waals surface area contributed by atoms with Crippen LogP contribution in [-0.4, -0.2) is 6.17 Å². The number of hydrogen-bond acceptors (Lipinski definition) is 0. The third-order valence-corrected chi connectivity index (χ3v) is 1.45. The second kappa shape index (κ2) is 2.29. The van der Waals surface area contributed by atoms with Crippen LogP contribution in [0.5, 0.6) is 0 Å². The Morgan fingerprint density at radius 1 is 1.67 bits per heavy atom. The molecule has 0 aromatic carbocycles. The second-order valence-corrected chi connectivity index (χ2v) is 2.14. The number of hydrogen-bond donors (Lipinski definition) is 0. The summed E-state index contributed by atoms with van der Waals surface area (Å²) in [4.78, 5) is 0. The van der Waals surface area contributed by atoms with Crippen molar-refractivity contribution in [1.82, 2.24) is 0 Å². The Morgan fingerprint density at radius 2 is 2.33 bits per heavy atom. The molecule has 1 aliphatic rings. The van der Waals surface area contributed by atoms with Crippen LogP contribution in [0.15, 0.2) is 23.6 Å². The van der Waals surface area contributed by atoms with Gasteiger partial charge in [0.2, 0.25) is 0 Å². The summed E-state index contributed by atoms with van der Waals surface area (Å²) >= 11 is 0. The Kier molecular flexibility index (Phi) is 1.65. The molecule has 0 N–H and O–H groups in total. The van der Waals surface area contributed by atoms with Gasteiger partial charge in [0.1, 0.15) is 12.0 Å². The molecule has 0 spiro atoms. The molecule has 1 rings (SSSR count). The van der Waals surface area contributed by atoms with Gasteiger partial charge in [0, 0.05) is 6.42 Å². The van der Waals surface area contributed by atoms with E-state index in [9.17, 15) is 8.78 Å². The highest BCUT2D eigenvalue weighted by atomic mass is 19.1. The van der Waals surface area contributed by atoms with E-state index in [0.29, 0.717) is 6.42 Å². The Labute approximate surface area is 52.9 Å². The monoisotopic (exact) mass is 130 g/mol. The molecule has 1 unspecified atom stereocenters. The molecule has 0 heterocycles. The van der Waals surface area contributed by atoms with Crippen molar-refractivity contribution in [3.63, 3.8) is 0 Å². The van der Waals surface area contributed by atoms with Gasteiger partial charge in [-0.1, -0.05) is 6.08 Å². The summed E-state index contributed by atoms with van der Waals surface area (Å²) in [5, 5.41) is 0. The molecule has 0 aromatic rings. The van der Waals surface area contributed by atoms with E-state index < -0.39 is 12.0 Å². The third kappa shape index (κ3) is 1.18. The van der Waals surface area contributed by atoms with Gasteiger partial charge in [0.25, 0.3) is 0 Å². The molecular weight excluding hydrogens is 122 g/mol. The second-order valence-electron chi connectivity index (χ2n) is 2.14. The zero-order valence-corrected chi connectivity index (χ0v) is 5.20. The van der Waals surface area contributed by atoms with Crippen molar-refractivity contribution in [3.8, 4) is 0 Å². The fourth-order valence-electron chi connectivity index (χ4n) is 0.749. The molecule has 1 aliphatic carbocycles. The van der Waals surface area contributed by atoms with Crippen LogP contribution in [0.3, 0.4) is 0 Å². The van der Waals surface area contributed by atoms with E-state index in [0.717, 1.165) is 0 Å². The van der Waals surface area contributed by atoms with Crippen LogP contribution in [0.25, 0.3) is 0 Å². The van der Waals surface area contributed by atoms with E-state index in [1.165, 1.54) is 19.1 Å². The summed E-state index contributed by atoms with van der Waals surface area (Å²) in [6.07, 6.45) is 2.03. The first-order valence-electron chi connectivity index (χ1n) is 2.88. The average molecular weight is 130 g/mol. The van der Waals surface area contributed by atoms with Gasteiger partial charge < -0.3 is 0 Å². The van der Waals surface area contributed by atoms with Crippen LogP contribution >= 0.6 is 0 Å². The predicted octanol–water partition coefficient (Wildman–Crippen LogP) is 2.53. The first-order valence-corrected chi connectivity index (χ1v) is 2.88. The molecule has 0 bridgehead atoms. The van der Waals surface area contributed by atoms with Crippen molar-refractivity contribution in [1.29, 1.82) is 0 Å². The summed E-state index contributed by atoms with van der Waals surface area (Å²) in [6, 6.07) is 0. The lowest BCUT2D eigenvalue weighted by molar-refractivity contribution is 0.371. The first kappa shape index (κ1) is 6.46. The maximum atomic E-state index is 12.5. The smallest absolute Gasteiger partial charge is 0.127 e. The standard InChI is InChI=1S/C7H8F2/c1-5-6(8)3-2-4-7(5)9/h2-3,7H,4H2,1H3. The SMILES string of the molecule is CC1=C(F)C=CCC1F. The van der Waals surface area contributed by atoms with Crippen LogP contribution in [-0.2, 0) is 0 Å². The van der Waals surface area contributed by atoms with Gasteiger partial charge in [-0.2, -0.15) is 0 Å². The molecule has 0 amide bonds. The number of halogens is 2. The number of alkyl halides is 1. The number of allylic oxidation sites excluding steroid dienone is 4. The quantitative estimate of drug-likeness (QED) is 0.472. The van der Waals surface area contributed by atoms with Crippen molar-refractivity contribution >= 4 is 0 Å². The number of rotatable bonds is 0. The average Bonchev–Trinajstić information content (AvgIpc) is 1.83. The maximum absolute atomic E-state index is 12.5. The minimum Gasteiger partial charge on any atom is -0.242 e. The molecule has 50 valence electrons. The molecule has 9 heavy (non-hydrogen) atoms. The van der Waals surface area contributed by atoms with Crippen LogP contribution in [0.2, 0.25) is 0 Å². The Balaban J connectivity index is 2.83. The van der Waals surface area contributed by atoms with Gasteiger partial charge in [-0.25, -0.2) is 8.78 Å². The minimum absolute atomic E-state index is 0.220. The summed E-state index contributed by atoms with van der Waals surface area (Å²) < 4.78 is 24.9. The summed E-state index contributed by atoms with van der Waals surface area (Å²) in [6.45, 7) is 1.48. The Hall–Kier alpha value is -0.660. The maximum Gasteiger partial charge on any atom is 0.127 e. The molecule has 0 nitrogen and oxygen atoms in total. The Bertz CT molecular complexity index is 168. The van der Waals surface area contributed by atoms with Crippen molar-refractivity contribution in [2.75, 3.05) is 0 Å². The predicted molar refractivity (Wildman–Crippen MR) is 32.5 cm³/mol. The fraction of sp³-hybridized carbons (Fsp3) is 0.429. The highest BCUT2D eigenvalue weighted by Gasteiger charge is 2.14. The van der Waals surface area contributed by atoms with Crippen LogP contribution in [0.4, 0.5) is 8.78 Å². The highest BCUT2D eigenvalue weighted by Crippen LogP contribution is 2.21. The van der Waals surface area contributed by atoms with E-state index in [-0.39, 0.29) is 5.57 Å². The van der Waals surface area contributed by atoms with E-state index >= 15 is 0 Å². The summed E-state index contributed by atoms with van der Waals surface area (Å²) in [7, 11) is 0. The van der Waals surface area contributed by atoms with Gasteiger partial charge in [-0.05, 0) is 18.6 Å². The van der Waals surface area contributed by atoms with Crippen molar-refractivity contribution < 1.29 is 8.78 Å². The normalized spacial score (nSPS) is 27.2. The largest absolute Gasteiger partial charge is 0.242 e. The Morgan fingerprint density at radius 3 is 2.78 bits per heavy atom. The van der Waals surface area contributed by atoms with Gasteiger partial charge in [0.15, 0.2) is 0 Å². The van der Waals surface area contributed by atoms with E-state index in [1.54, 1.807) is 0 Å². The molecule has 0 aromatic heterocycles. The van der Waals surface area contributed by atoms with Gasteiger partial charge in [-0.15, -0.1) is 0 Å². The van der Waals surface area contributed by atoms with Gasteiger partial charge in [0.05, 0.1) is 0 Å². The van der Waals surface area contributed by atoms with Crippen LogP contribution < -0.4 is 0 Å². The van der Waals surface area contributed by atoms with Crippen molar-refractivity contribution in [2.24, 2.45) is 0 Å². The summed E-state index contributed by atoms with van der Waals surface area (Å²) in [5.74, 6) is -0.422. The molecule has 0 saturated carbocycles. The lowest BCUT2D eigenvalue weighted by Crippen LogP contribution is -2.04. The van der Waals surface area contributed by atoms with Crippen molar-refractivity contribution in [2.45, 2.75) is 19.5 Å². The molecule has 0 saturated heterocycles. The minimum atomic E-state index is -1.10. The lowest BCUT2D eigenvalue weighted by atomic mass is 10.0. The molecule has 2 heteroatoms. The highest BCUT2D eigenvalue weighted by molar-refractivity contribution is 5.25. The van der Waals surface area contributed by atoms with Gasteiger partial charge >= 0.3 is 0 Å². The first-order chi connectivity index (χ1) is 4.22. The van der Waals surface area contributed by atoms with Crippen molar-refractivity contribution in [3.05, 3.63) is 23.6 Å². The molecule has 0 radical (unpaired) electrons. The molecule has 0 aliphatic heterocycles. The summed E-state index contributed by atoms with van der Waals surface area (Å²) in [5.41, 5.74) is 0.220. The van der Waals surface area contributed by atoms with E-state index in [4.69, 9.17) is 0 Å². The van der Waals surface area contributed by atoms with Crippen LogP contribution in [0.1, 0.15) is 13.3 Å². The molecular formula is C7H8F2. The van der Waals surface area contributed by atoms with E-state index in [2.05, 4.69) is 0 Å². The van der Waals surface area contributed by atoms with Crippen LogP contribution in [0, 0.1) is 0 Å². The third-order valence-electron chi connectivity index (χ3n) is 1.45. The fourth-order valence-corrected chi connectivity index (χ4v) is 0.749. The van der Waals surface area contributed by atoms with E-state index in [1.807, 2.05) is 0 Å².